The van der Waals surface area contributed by atoms with E-state index < -0.39 is 10.0 Å². The van der Waals surface area contributed by atoms with Gasteiger partial charge >= 0.3 is 0 Å². The van der Waals surface area contributed by atoms with Crippen LogP contribution in [0.3, 0.4) is 0 Å². The number of nitrogens with zero attached hydrogens (tertiary/aromatic N) is 2. The lowest BCUT2D eigenvalue weighted by Crippen LogP contribution is -2.17. The van der Waals surface area contributed by atoms with Crippen molar-refractivity contribution in [2.24, 2.45) is 0 Å². The fourth-order valence-corrected chi connectivity index (χ4v) is 5.05. The molecule has 0 bridgehead atoms. The summed E-state index contributed by atoms with van der Waals surface area (Å²) in [6.45, 7) is 2.63. The number of fused-ring (bicyclic) bond motifs is 1. The molecule has 29 heavy (non-hydrogen) atoms. The molecule has 0 unspecified atom stereocenters. The van der Waals surface area contributed by atoms with Gasteiger partial charge in [0.2, 0.25) is 5.95 Å². The highest BCUT2D eigenvalue weighted by Gasteiger charge is 2.17. The Balaban J connectivity index is 1.58. The summed E-state index contributed by atoms with van der Waals surface area (Å²) < 4.78 is 29.4. The first-order valence-corrected chi connectivity index (χ1v) is 11.3. The van der Waals surface area contributed by atoms with Gasteiger partial charge in [0.1, 0.15) is 4.21 Å². The van der Waals surface area contributed by atoms with Crippen LogP contribution in [0.5, 0.6) is 0 Å². The number of hydrogen-bond donors (Lipinski definition) is 2. The van der Waals surface area contributed by atoms with E-state index in [4.69, 9.17) is 0 Å². The van der Waals surface area contributed by atoms with Crippen LogP contribution in [0.25, 0.3) is 11.0 Å². The normalized spacial score (nSPS) is 11.5. The number of amides is 1. The number of benzene rings is 2. The van der Waals surface area contributed by atoms with Crippen molar-refractivity contribution in [1.29, 1.82) is 0 Å². The maximum Gasteiger partial charge on any atom is 0.271 e. The lowest BCUT2D eigenvalue weighted by atomic mass is 10.2. The van der Waals surface area contributed by atoms with Crippen molar-refractivity contribution in [2.75, 3.05) is 10.0 Å². The van der Waals surface area contributed by atoms with Gasteiger partial charge in [-0.25, -0.2) is 13.4 Å². The molecule has 4 aromatic rings. The maximum atomic E-state index is 12.8. The van der Waals surface area contributed by atoms with Crippen LogP contribution in [0.4, 0.5) is 11.6 Å². The molecule has 0 radical (unpaired) electrons. The Morgan fingerprint density at radius 3 is 2.69 bits per heavy atom. The lowest BCUT2D eigenvalue weighted by molar-refractivity contribution is 0.102. The molecule has 0 fully saturated rings. The number of thiophene rings is 1. The molecule has 9 heteroatoms. The Labute approximate surface area is 172 Å². The molecule has 4 rings (SSSR count). The summed E-state index contributed by atoms with van der Waals surface area (Å²) in [6.07, 6.45) is 0. The van der Waals surface area contributed by atoms with Crippen LogP contribution in [0, 0.1) is 0 Å². The molecule has 2 N–H and O–H groups in total. The number of sulfonamides is 1. The van der Waals surface area contributed by atoms with E-state index in [1.54, 1.807) is 29.6 Å². The van der Waals surface area contributed by atoms with Crippen molar-refractivity contribution < 1.29 is 13.2 Å². The van der Waals surface area contributed by atoms with Gasteiger partial charge in [-0.2, -0.15) is 0 Å². The van der Waals surface area contributed by atoms with Crippen molar-refractivity contribution in [2.45, 2.75) is 17.7 Å². The van der Waals surface area contributed by atoms with E-state index in [2.05, 4.69) is 15.0 Å². The zero-order valence-corrected chi connectivity index (χ0v) is 17.1. The number of imidazole rings is 1. The quantitative estimate of drug-likeness (QED) is 0.484. The molecule has 0 saturated heterocycles. The summed E-state index contributed by atoms with van der Waals surface area (Å²) in [5.74, 6) is 0.0791. The second kappa shape index (κ2) is 7.69. The molecule has 0 aliphatic heterocycles. The topological polar surface area (TPSA) is 93.1 Å². The highest BCUT2D eigenvalue weighted by atomic mass is 32.2. The van der Waals surface area contributed by atoms with Crippen LogP contribution >= 0.6 is 11.3 Å². The molecule has 0 aliphatic rings. The number of hydrogen-bond acceptors (Lipinski definition) is 5. The molecule has 7 nitrogen and oxygen atoms in total. The molecular weight excluding hydrogens is 408 g/mol. The van der Waals surface area contributed by atoms with Crippen LogP contribution in [0.15, 0.2) is 70.3 Å². The minimum Gasteiger partial charge on any atom is -0.310 e. The van der Waals surface area contributed by atoms with Crippen LogP contribution in [-0.2, 0) is 16.6 Å². The van der Waals surface area contributed by atoms with Gasteiger partial charge in [-0.3, -0.25) is 14.8 Å². The highest BCUT2D eigenvalue weighted by Crippen LogP contribution is 2.22. The summed E-state index contributed by atoms with van der Waals surface area (Å²) in [7, 11) is -3.68. The molecule has 0 atom stereocenters. The van der Waals surface area contributed by atoms with E-state index in [9.17, 15) is 13.2 Å². The largest absolute Gasteiger partial charge is 0.310 e. The number of rotatable bonds is 6. The lowest BCUT2D eigenvalue weighted by Gasteiger charge is -2.10. The molecule has 2 heterocycles. The van der Waals surface area contributed by atoms with Crippen LogP contribution < -0.4 is 10.0 Å². The van der Waals surface area contributed by atoms with Crippen molar-refractivity contribution >= 4 is 49.9 Å². The third kappa shape index (κ3) is 3.87. The van der Waals surface area contributed by atoms with Gasteiger partial charge in [-0.15, -0.1) is 11.3 Å². The van der Waals surface area contributed by atoms with Gasteiger partial charge in [0.15, 0.2) is 0 Å². The Hall–Kier alpha value is -3.17. The number of aromatic nitrogens is 2. The van der Waals surface area contributed by atoms with E-state index in [1.807, 2.05) is 35.8 Å². The Morgan fingerprint density at radius 2 is 1.93 bits per heavy atom. The summed E-state index contributed by atoms with van der Waals surface area (Å²) in [4.78, 5) is 17.3. The average molecular weight is 427 g/mol. The Bertz CT molecular complexity index is 1280. The van der Waals surface area contributed by atoms with Crippen molar-refractivity contribution in [3.05, 3.63) is 71.6 Å². The Kier molecular flexibility index (Phi) is 5.08. The number of para-hydroxylation sites is 2. The van der Waals surface area contributed by atoms with Crippen molar-refractivity contribution in [3.8, 4) is 0 Å². The maximum absolute atomic E-state index is 12.8. The number of carbonyl (C=O) groups excluding carboxylic acids is 1. The number of carbonyl (C=O) groups is 1. The average Bonchev–Trinajstić information content (AvgIpc) is 3.36. The van der Waals surface area contributed by atoms with Crippen LogP contribution in [-0.4, -0.2) is 23.9 Å². The zero-order valence-electron chi connectivity index (χ0n) is 15.5. The fraction of sp³-hybridized carbons (Fsp3) is 0.100. The summed E-state index contributed by atoms with van der Waals surface area (Å²) in [5, 5.41) is 4.52. The third-order valence-electron chi connectivity index (χ3n) is 4.33. The van der Waals surface area contributed by atoms with E-state index in [1.165, 1.54) is 12.1 Å². The zero-order chi connectivity index (χ0) is 20.4. The molecule has 2 aromatic heterocycles. The van der Waals surface area contributed by atoms with Crippen LogP contribution in [0.2, 0.25) is 0 Å². The van der Waals surface area contributed by atoms with Gasteiger partial charge < -0.3 is 4.57 Å². The van der Waals surface area contributed by atoms with E-state index >= 15 is 0 Å². The monoisotopic (exact) mass is 426 g/mol. The molecule has 0 aliphatic carbocycles. The summed E-state index contributed by atoms with van der Waals surface area (Å²) >= 11 is 1.13. The van der Waals surface area contributed by atoms with E-state index in [0.29, 0.717) is 23.7 Å². The second-order valence-electron chi connectivity index (χ2n) is 6.24. The van der Waals surface area contributed by atoms with Gasteiger partial charge in [0, 0.05) is 17.8 Å². The predicted molar refractivity (Wildman–Crippen MR) is 115 cm³/mol. The van der Waals surface area contributed by atoms with Gasteiger partial charge in [-0.1, -0.05) is 24.3 Å². The summed E-state index contributed by atoms with van der Waals surface area (Å²) in [6, 6.07) is 17.2. The number of aryl methyl sites for hydroxylation is 1. The molecule has 148 valence electrons. The minimum atomic E-state index is -3.68. The minimum absolute atomic E-state index is 0.212. The highest BCUT2D eigenvalue weighted by molar-refractivity contribution is 7.94. The smallest absolute Gasteiger partial charge is 0.271 e. The molecule has 2 aromatic carbocycles. The second-order valence-corrected chi connectivity index (χ2v) is 9.10. The Morgan fingerprint density at radius 1 is 1.10 bits per heavy atom. The van der Waals surface area contributed by atoms with Gasteiger partial charge in [0.25, 0.3) is 15.9 Å². The standard InChI is InChI=1S/C20H18N4O3S2/c1-2-24-17-10-4-3-9-16(17)21-20(24)22-19(25)14-7-5-8-15(13-14)23-29(26,27)18-11-6-12-28-18/h3-13,23H,2H2,1H3,(H,21,22,25). The first kappa shape index (κ1) is 19.2. The van der Waals surface area contributed by atoms with Crippen molar-refractivity contribution in [1.82, 2.24) is 9.55 Å². The SMILES string of the molecule is CCn1c(NC(=O)c2cccc(NS(=O)(=O)c3cccs3)c2)nc2ccccc21. The predicted octanol–water partition coefficient (Wildman–Crippen LogP) is 4.17. The number of nitrogens with one attached hydrogen (secondary N) is 2. The van der Waals surface area contributed by atoms with Gasteiger partial charge in [0.05, 0.1) is 11.0 Å². The van der Waals surface area contributed by atoms with Gasteiger partial charge in [-0.05, 0) is 48.7 Å². The third-order valence-corrected chi connectivity index (χ3v) is 7.11. The fourth-order valence-electron chi connectivity index (χ4n) is 3.01. The van der Waals surface area contributed by atoms with E-state index in [0.717, 1.165) is 22.4 Å². The first-order chi connectivity index (χ1) is 14.0. The molecule has 0 spiro atoms. The van der Waals surface area contributed by atoms with Crippen LogP contribution in [0.1, 0.15) is 17.3 Å². The summed E-state index contributed by atoms with van der Waals surface area (Å²) in [5.41, 5.74) is 2.37. The van der Waals surface area contributed by atoms with E-state index in [-0.39, 0.29) is 10.1 Å². The van der Waals surface area contributed by atoms with Crippen molar-refractivity contribution in [3.63, 3.8) is 0 Å². The number of anilines is 2. The molecule has 1 amide bonds. The molecular formula is C20H18N4O3S2. The first-order valence-electron chi connectivity index (χ1n) is 8.91. The molecule has 0 saturated carbocycles.